The number of halogens is 1. The Kier molecular flexibility index (Phi) is 3.46. The Bertz CT molecular complexity index is 308. The molecular weight excluding hydrogens is 192 g/mol. The van der Waals surface area contributed by atoms with Crippen LogP contribution in [0.25, 0.3) is 0 Å². The largest absolute Gasteiger partial charge is 0.421 e. The first-order valence-corrected chi connectivity index (χ1v) is 4.13. The van der Waals surface area contributed by atoms with Gasteiger partial charge in [0, 0.05) is 0 Å². The van der Waals surface area contributed by atoms with Crippen LogP contribution in [0.15, 0.2) is 30.3 Å². The first-order chi connectivity index (χ1) is 6.24. The molecule has 1 aromatic carbocycles. The Morgan fingerprint density at radius 1 is 1.23 bits per heavy atom. The van der Waals surface area contributed by atoms with Crippen LogP contribution in [0.2, 0.25) is 0 Å². The standard InChI is InChI=1S/C9H7ClO3/c10-6-8(11)9(12)13-7-4-2-1-3-5-7/h1-5H,6H2. The molecule has 68 valence electrons. The van der Waals surface area contributed by atoms with Crippen molar-refractivity contribution < 1.29 is 14.3 Å². The third-order valence-electron chi connectivity index (χ3n) is 1.30. The third kappa shape index (κ3) is 2.87. The van der Waals surface area contributed by atoms with Crippen molar-refractivity contribution in [2.75, 3.05) is 5.88 Å². The predicted octanol–water partition coefficient (Wildman–Crippen LogP) is 1.40. The molecule has 1 rings (SSSR count). The predicted molar refractivity (Wildman–Crippen MR) is 47.8 cm³/mol. The van der Waals surface area contributed by atoms with Crippen molar-refractivity contribution in [2.45, 2.75) is 0 Å². The first kappa shape index (κ1) is 9.74. The Morgan fingerprint density at radius 3 is 2.38 bits per heavy atom. The lowest BCUT2D eigenvalue weighted by molar-refractivity contribution is -0.145. The second kappa shape index (κ2) is 4.62. The van der Waals surface area contributed by atoms with Gasteiger partial charge in [-0.3, -0.25) is 4.79 Å². The van der Waals surface area contributed by atoms with Crippen LogP contribution in [-0.4, -0.2) is 17.6 Å². The molecule has 0 N–H and O–H groups in total. The summed E-state index contributed by atoms with van der Waals surface area (Å²) in [5, 5.41) is 0. The van der Waals surface area contributed by atoms with Crippen molar-refractivity contribution in [3.05, 3.63) is 30.3 Å². The zero-order chi connectivity index (χ0) is 9.68. The number of para-hydroxylation sites is 1. The number of esters is 1. The Labute approximate surface area is 80.3 Å². The van der Waals surface area contributed by atoms with Gasteiger partial charge in [0.05, 0.1) is 5.88 Å². The lowest BCUT2D eigenvalue weighted by Gasteiger charge is -2.00. The van der Waals surface area contributed by atoms with Gasteiger partial charge in [-0.2, -0.15) is 0 Å². The van der Waals surface area contributed by atoms with Gasteiger partial charge < -0.3 is 4.74 Å². The molecule has 0 fully saturated rings. The number of ether oxygens (including phenoxy) is 1. The molecule has 0 radical (unpaired) electrons. The Balaban J connectivity index is 2.60. The van der Waals surface area contributed by atoms with Gasteiger partial charge >= 0.3 is 5.97 Å². The summed E-state index contributed by atoms with van der Waals surface area (Å²) >= 11 is 5.16. The van der Waals surface area contributed by atoms with Gasteiger partial charge in [-0.05, 0) is 12.1 Å². The molecule has 0 unspecified atom stereocenters. The van der Waals surface area contributed by atoms with Crippen LogP contribution < -0.4 is 4.74 Å². The van der Waals surface area contributed by atoms with E-state index in [4.69, 9.17) is 16.3 Å². The van der Waals surface area contributed by atoms with E-state index in [-0.39, 0.29) is 5.88 Å². The molecule has 0 heterocycles. The quantitative estimate of drug-likeness (QED) is 0.319. The second-order valence-corrected chi connectivity index (χ2v) is 2.53. The summed E-state index contributed by atoms with van der Waals surface area (Å²) in [5.41, 5.74) is 0. The maximum Gasteiger partial charge on any atom is 0.381 e. The molecule has 0 aromatic heterocycles. The first-order valence-electron chi connectivity index (χ1n) is 3.60. The monoisotopic (exact) mass is 198 g/mol. The fraction of sp³-hybridized carbons (Fsp3) is 0.111. The van der Waals surface area contributed by atoms with Crippen LogP contribution in [0.4, 0.5) is 0 Å². The van der Waals surface area contributed by atoms with E-state index in [9.17, 15) is 9.59 Å². The molecule has 0 spiro atoms. The molecular formula is C9H7ClO3. The highest BCUT2D eigenvalue weighted by molar-refractivity contribution is 6.45. The van der Waals surface area contributed by atoms with Crippen LogP contribution in [-0.2, 0) is 9.59 Å². The molecule has 0 aliphatic heterocycles. The topological polar surface area (TPSA) is 43.4 Å². The summed E-state index contributed by atoms with van der Waals surface area (Å²) in [6, 6.07) is 8.35. The van der Waals surface area contributed by atoms with Crippen LogP contribution in [0.3, 0.4) is 0 Å². The van der Waals surface area contributed by atoms with E-state index in [0.717, 1.165) is 0 Å². The number of carbonyl (C=O) groups excluding carboxylic acids is 2. The van der Waals surface area contributed by atoms with Crippen molar-refractivity contribution in [3.8, 4) is 5.75 Å². The van der Waals surface area contributed by atoms with Gasteiger partial charge in [0.2, 0.25) is 0 Å². The van der Waals surface area contributed by atoms with Crippen LogP contribution in [0.5, 0.6) is 5.75 Å². The van der Waals surface area contributed by atoms with Crippen LogP contribution in [0, 0.1) is 0 Å². The van der Waals surface area contributed by atoms with Crippen molar-refractivity contribution in [1.82, 2.24) is 0 Å². The SMILES string of the molecule is O=C(CCl)C(=O)Oc1ccccc1. The van der Waals surface area contributed by atoms with E-state index in [1.807, 2.05) is 0 Å². The third-order valence-corrected chi connectivity index (χ3v) is 1.55. The molecule has 0 saturated carbocycles. The minimum Gasteiger partial charge on any atom is -0.421 e. The van der Waals surface area contributed by atoms with E-state index in [2.05, 4.69) is 0 Å². The van der Waals surface area contributed by atoms with E-state index in [1.54, 1.807) is 30.3 Å². The number of benzene rings is 1. The van der Waals surface area contributed by atoms with Gasteiger partial charge in [-0.1, -0.05) is 18.2 Å². The molecule has 0 amide bonds. The van der Waals surface area contributed by atoms with E-state index < -0.39 is 11.8 Å². The fourth-order valence-electron chi connectivity index (χ4n) is 0.707. The van der Waals surface area contributed by atoms with Crippen molar-refractivity contribution in [3.63, 3.8) is 0 Å². The molecule has 1 aromatic rings. The summed E-state index contributed by atoms with van der Waals surface area (Å²) in [6.07, 6.45) is 0. The molecule has 0 bridgehead atoms. The average molecular weight is 199 g/mol. The maximum atomic E-state index is 10.9. The molecule has 4 heteroatoms. The normalized spacial score (nSPS) is 9.31. The summed E-state index contributed by atoms with van der Waals surface area (Å²) in [4.78, 5) is 21.6. The zero-order valence-corrected chi connectivity index (χ0v) is 7.45. The number of hydrogen-bond donors (Lipinski definition) is 0. The van der Waals surface area contributed by atoms with Crippen molar-refractivity contribution in [2.24, 2.45) is 0 Å². The highest BCUT2D eigenvalue weighted by atomic mass is 35.5. The van der Waals surface area contributed by atoms with Crippen molar-refractivity contribution in [1.29, 1.82) is 0 Å². The van der Waals surface area contributed by atoms with E-state index in [1.165, 1.54) is 0 Å². The second-order valence-electron chi connectivity index (χ2n) is 2.26. The minimum atomic E-state index is -0.929. The maximum absolute atomic E-state index is 10.9. The molecule has 0 aliphatic rings. The molecule has 0 aliphatic carbocycles. The smallest absolute Gasteiger partial charge is 0.381 e. The highest BCUT2D eigenvalue weighted by Crippen LogP contribution is 2.08. The molecule has 0 saturated heterocycles. The number of ketones is 1. The van der Waals surface area contributed by atoms with E-state index >= 15 is 0 Å². The van der Waals surface area contributed by atoms with Gasteiger partial charge in [-0.25, -0.2) is 4.79 Å². The molecule has 0 atom stereocenters. The van der Waals surface area contributed by atoms with Gasteiger partial charge in [-0.15, -0.1) is 11.6 Å². The Hall–Kier alpha value is -1.35. The summed E-state index contributed by atoms with van der Waals surface area (Å²) in [5.74, 6) is -1.69. The average Bonchev–Trinajstić information content (AvgIpc) is 2.18. The summed E-state index contributed by atoms with van der Waals surface area (Å²) < 4.78 is 4.69. The van der Waals surface area contributed by atoms with Gasteiger partial charge in [0.25, 0.3) is 5.78 Å². The number of alkyl halides is 1. The van der Waals surface area contributed by atoms with Crippen molar-refractivity contribution >= 4 is 23.4 Å². The fourth-order valence-corrected chi connectivity index (χ4v) is 0.816. The van der Waals surface area contributed by atoms with E-state index in [0.29, 0.717) is 5.75 Å². The Morgan fingerprint density at radius 2 is 1.85 bits per heavy atom. The minimum absolute atomic E-state index is 0.339. The summed E-state index contributed by atoms with van der Waals surface area (Å²) in [6.45, 7) is 0. The highest BCUT2D eigenvalue weighted by Gasteiger charge is 2.14. The van der Waals surface area contributed by atoms with Crippen LogP contribution in [0.1, 0.15) is 0 Å². The number of rotatable bonds is 3. The number of hydrogen-bond acceptors (Lipinski definition) is 3. The molecule has 13 heavy (non-hydrogen) atoms. The summed E-state index contributed by atoms with van der Waals surface area (Å²) in [7, 11) is 0. The lowest BCUT2D eigenvalue weighted by atomic mass is 10.3. The number of Topliss-reactive ketones (excluding diaryl/α,β-unsaturated/α-hetero) is 1. The zero-order valence-electron chi connectivity index (χ0n) is 6.70. The van der Waals surface area contributed by atoms with Crippen LogP contribution >= 0.6 is 11.6 Å². The number of carbonyl (C=O) groups is 2. The van der Waals surface area contributed by atoms with Gasteiger partial charge in [0.15, 0.2) is 0 Å². The van der Waals surface area contributed by atoms with Gasteiger partial charge in [0.1, 0.15) is 5.75 Å². The molecule has 3 nitrogen and oxygen atoms in total. The lowest BCUT2D eigenvalue weighted by Crippen LogP contribution is -2.21.